The van der Waals surface area contributed by atoms with E-state index in [1.165, 1.54) is 5.57 Å². The quantitative estimate of drug-likeness (QED) is 0.516. The predicted octanol–water partition coefficient (Wildman–Crippen LogP) is 4.69. The van der Waals surface area contributed by atoms with Gasteiger partial charge in [0.15, 0.2) is 0 Å². The van der Waals surface area contributed by atoms with Gasteiger partial charge in [0.25, 0.3) is 0 Å². The second kappa shape index (κ2) is 6.13. The van der Waals surface area contributed by atoms with E-state index in [4.69, 9.17) is 0 Å². The van der Waals surface area contributed by atoms with E-state index in [1.54, 1.807) is 0 Å². The number of nitroso groups, excluding NO2 is 1. The third-order valence-electron chi connectivity index (χ3n) is 9.36. The van der Waals surface area contributed by atoms with Crippen LogP contribution in [0.25, 0.3) is 0 Å². The molecule has 0 spiro atoms. The van der Waals surface area contributed by atoms with Crippen molar-refractivity contribution in [2.24, 2.45) is 45.1 Å². The number of hydrogen-bond donors (Lipinski definition) is 2. The number of fused-ring (bicyclic) bond motifs is 5. The van der Waals surface area contributed by atoms with Gasteiger partial charge in [0, 0.05) is 5.41 Å². The van der Waals surface area contributed by atoms with Crippen molar-refractivity contribution in [3.63, 3.8) is 0 Å². The summed E-state index contributed by atoms with van der Waals surface area (Å²) in [5, 5.41) is 25.3. The van der Waals surface area contributed by atoms with Gasteiger partial charge < -0.3 is 10.2 Å². The van der Waals surface area contributed by atoms with Gasteiger partial charge in [-0.05, 0) is 73.0 Å². The summed E-state index contributed by atoms with van der Waals surface area (Å²) in [7, 11) is 0. The van der Waals surface area contributed by atoms with Crippen LogP contribution in [0, 0.1) is 44.8 Å². The molecule has 0 saturated heterocycles. The zero-order chi connectivity index (χ0) is 19.8. The summed E-state index contributed by atoms with van der Waals surface area (Å²) < 4.78 is 0. The molecule has 27 heavy (non-hydrogen) atoms. The van der Waals surface area contributed by atoms with Gasteiger partial charge in [0.2, 0.25) is 0 Å². The molecular formula is C23H37NO3. The van der Waals surface area contributed by atoms with Crippen molar-refractivity contribution in [2.45, 2.75) is 91.4 Å². The van der Waals surface area contributed by atoms with Crippen LogP contribution >= 0.6 is 0 Å². The van der Waals surface area contributed by atoms with Crippen molar-refractivity contribution < 1.29 is 10.2 Å². The standard InChI is InChI=1S/C23H37NO3/c1-21(2,3)18-12-17(24-27)20-15-7-6-13-10-14(25)8-9-22(13,4)16(15)11-19(26)23(18,20)5/h6,14-20,25-26H,7-12H2,1-5H3/t14-,15?,16?,17?,18?,19+,20?,22?,23-/m0/s1. The molecule has 0 radical (unpaired) electrons. The second-order valence-electron chi connectivity index (χ2n) is 11.5. The second-order valence-corrected chi connectivity index (χ2v) is 11.5. The third kappa shape index (κ3) is 2.62. The van der Waals surface area contributed by atoms with Crippen LogP contribution in [-0.4, -0.2) is 28.5 Å². The molecule has 4 heteroatoms. The maximum absolute atomic E-state index is 11.9. The first-order valence-corrected chi connectivity index (χ1v) is 10.9. The minimum atomic E-state index is -0.386. The topological polar surface area (TPSA) is 69.9 Å². The minimum absolute atomic E-state index is 0.0504. The van der Waals surface area contributed by atoms with E-state index in [0.29, 0.717) is 17.8 Å². The van der Waals surface area contributed by atoms with E-state index in [1.807, 2.05) is 0 Å². The van der Waals surface area contributed by atoms with Crippen LogP contribution in [0.1, 0.15) is 73.1 Å². The number of hydrogen-bond acceptors (Lipinski definition) is 4. The highest BCUT2D eigenvalue weighted by Gasteiger charge is 2.67. The number of rotatable bonds is 1. The molecule has 2 N–H and O–H groups in total. The number of aliphatic hydroxyl groups excluding tert-OH is 2. The van der Waals surface area contributed by atoms with Crippen LogP contribution in [0.3, 0.4) is 0 Å². The number of allylic oxidation sites excluding steroid dienone is 1. The minimum Gasteiger partial charge on any atom is -0.393 e. The van der Waals surface area contributed by atoms with Crippen molar-refractivity contribution >= 4 is 0 Å². The first-order chi connectivity index (χ1) is 12.5. The van der Waals surface area contributed by atoms with Crippen LogP contribution in [0.4, 0.5) is 0 Å². The average Bonchev–Trinajstić information content (AvgIpc) is 2.91. The molecule has 0 aromatic carbocycles. The summed E-state index contributed by atoms with van der Waals surface area (Å²) >= 11 is 0. The predicted molar refractivity (Wildman–Crippen MR) is 107 cm³/mol. The molecule has 6 unspecified atom stereocenters. The fraction of sp³-hybridized carbons (Fsp3) is 0.913. The molecule has 4 aliphatic rings. The Morgan fingerprint density at radius 3 is 2.52 bits per heavy atom. The van der Waals surface area contributed by atoms with Crippen LogP contribution < -0.4 is 0 Å². The lowest BCUT2D eigenvalue weighted by atomic mass is 9.45. The summed E-state index contributed by atoms with van der Waals surface area (Å²) in [6.07, 6.45) is 6.96. The zero-order valence-electron chi connectivity index (χ0n) is 17.6. The fourth-order valence-corrected chi connectivity index (χ4v) is 8.08. The Balaban J connectivity index is 1.77. The van der Waals surface area contributed by atoms with E-state index >= 15 is 0 Å². The molecule has 0 amide bonds. The van der Waals surface area contributed by atoms with Crippen molar-refractivity contribution in [3.05, 3.63) is 16.6 Å². The highest BCUT2D eigenvalue weighted by molar-refractivity contribution is 5.27. The molecule has 0 aromatic heterocycles. The molecule has 0 aromatic rings. The highest BCUT2D eigenvalue weighted by Crippen LogP contribution is 2.68. The van der Waals surface area contributed by atoms with Gasteiger partial charge in [-0.15, -0.1) is 0 Å². The lowest BCUT2D eigenvalue weighted by molar-refractivity contribution is -0.145. The lowest BCUT2D eigenvalue weighted by Gasteiger charge is -2.60. The molecule has 3 saturated carbocycles. The van der Waals surface area contributed by atoms with Gasteiger partial charge in [0.1, 0.15) is 0 Å². The molecule has 3 fully saturated rings. The van der Waals surface area contributed by atoms with Crippen LogP contribution in [-0.2, 0) is 0 Å². The average molecular weight is 376 g/mol. The van der Waals surface area contributed by atoms with E-state index in [2.05, 4.69) is 45.9 Å². The summed E-state index contributed by atoms with van der Waals surface area (Å²) in [5.74, 6) is 1.27. The molecule has 4 nitrogen and oxygen atoms in total. The maximum Gasteiger partial charge on any atom is 0.0960 e. The van der Waals surface area contributed by atoms with Crippen molar-refractivity contribution in [1.29, 1.82) is 0 Å². The fourth-order valence-electron chi connectivity index (χ4n) is 8.08. The Kier molecular flexibility index (Phi) is 4.44. The zero-order valence-corrected chi connectivity index (χ0v) is 17.6. The summed E-state index contributed by atoms with van der Waals surface area (Å²) in [4.78, 5) is 11.9. The van der Waals surface area contributed by atoms with E-state index in [-0.39, 0.29) is 40.4 Å². The molecule has 4 rings (SSSR count). The number of nitrogens with zero attached hydrogens (tertiary/aromatic N) is 1. The Morgan fingerprint density at radius 1 is 1.19 bits per heavy atom. The van der Waals surface area contributed by atoms with Gasteiger partial charge in [-0.1, -0.05) is 51.4 Å². The monoisotopic (exact) mass is 375 g/mol. The van der Waals surface area contributed by atoms with Crippen molar-refractivity contribution in [3.8, 4) is 0 Å². The van der Waals surface area contributed by atoms with Crippen LogP contribution in [0.2, 0.25) is 0 Å². The smallest absolute Gasteiger partial charge is 0.0960 e. The van der Waals surface area contributed by atoms with Gasteiger partial charge in [0.05, 0.1) is 18.2 Å². The molecule has 9 atom stereocenters. The Hall–Kier alpha value is -0.740. The SMILES string of the molecule is CC(C)(C)C1CC(N=O)C2C3CC=C4C[C@@H](O)CCC4(C)C3C[C@@H](O)[C@@]21C. The highest BCUT2D eigenvalue weighted by atomic mass is 16.3. The first kappa shape index (κ1) is 19.6. The van der Waals surface area contributed by atoms with Gasteiger partial charge in [-0.2, -0.15) is 4.91 Å². The molecule has 0 aliphatic heterocycles. The summed E-state index contributed by atoms with van der Waals surface area (Å²) in [6.45, 7) is 11.3. The third-order valence-corrected chi connectivity index (χ3v) is 9.36. The molecule has 0 heterocycles. The summed E-state index contributed by atoms with van der Waals surface area (Å²) in [5.41, 5.74) is 1.25. The number of aliphatic hydroxyl groups is 2. The van der Waals surface area contributed by atoms with E-state index < -0.39 is 0 Å². The van der Waals surface area contributed by atoms with Crippen LogP contribution in [0.5, 0.6) is 0 Å². The maximum atomic E-state index is 11.9. The van der Waals surface area contributed by atoms with Crippen LogP contribution in [0.15, 0.2) is 16.8 Å². The Morgan fingerprint density at radius 2 is 1.89 bits per heavy atom. The van der Waals surface area contributed by atoms with Gasteiger partial charge in [-0.3, -0.25) is 0 Å². The van der Waals surface area contributed by atoms with Gasteiger partial charge >= 0.3 is 0 Å². The first-order valence-electron chi connectivity index (χ1n) is 10.9. The summed E-state index contributed by atoms with van der Waals surface area (Å²) in [6, 6.07) is -0.186. The molecule has 4 aliphatic carbocycles. The Bertz CT molecular complexity index is 652. The molecular weight excluding hydrogens is 338 g/mol. The van der Waals surface area contributed by atoms with E-state index in [0.717, 1.165) is 38.5 Å². The Labute approximate surface area is 163 Å². The largest absolute Gasteiger partial charge is 0.393 e. The van der Waals surface area contributed by atoms with Crippen molar-refractivity contribution in [2.75, 3.05) is 0 Å². The lowest BCUT2D eigenvalue weighted by Crippen LogP contribution is -2.58. The van der Waals surface area contributed by atoms with Gasteiger partial charge in [-0.25, -0.2) is 0 Å². The molecule has 152 valence electrons. The molecule has 0 bridgehead atoms. The van der Waals surface area contributed by atoms with E-state index in [9.17, 15) is 15.1 Å². The van der Waals surface area contributed by atoms with Crippen molar-refractivity contribution in [1.82, 2.24) is 0 Å². The normalized spacial score (nSPS) is 52.4.